The van der Waals surface area contributed by atoms with Crippen molar-refractivity contribution in [1.29, 1.82) is 0 Å². The molecule has 3 atom stereocenters. The van der Waals surface area contributed by atoms with Gasteiger partial charge in [0.25, 0.3) is 0 Å². The normalized spacial score (nSPS) is 22.0. The molecule has 1 amide bonds. The number of hydrogen-bond acceptors (Lipinski definition) is 4. The van der Waals surface area contributed by atoms with Gasteiger partial charge in [0.05, 0.1) is 12.8 Å². The Bertz CT molecular complexity index is 951. The Hall–Kier alpha value is -2.86. The Morgan fingerprint density at radius 3 is 2.72 bits per heavy atom. The van der Waals surface area contributed by atoms with E-state index in [0.717, 1.165) is 12.0 Å². The number of pyridine rings is 1. The second-order valence-electron chi connectivity index (χ2n) is 7.90. The van der Waals surface area contributed by atoms with Crippen LogP contribution in [0, 0.1) is 17.8 Å². The summed E-state index contributed by atoms with van der Waals surface area (Å²) in [7, 11) is 0. The molecule has 1 fully saturated rings. The number of aliphatic hydroxyl groups is 1. The lowest BCUT2D eigenvalue weighted by molar-refractivity contribution is -0.121. The SMILES string of the molecule is O=C(Cn1cc(OCc2ccccc2)c(=O)cc1CO)NC[C@@H]1C[C@H]2C=C[C@H]1C2. The highest BCUT2D eigenvalue weighted by Gasteiger charge is 2.35. The van der Waals surface area contributed by atoms with Crippen molar-refractivity contribution >= 4 is 5.91 Å². The molecule has 2 aromatic rings. The maximum absolute atomic E-state index is 12.5. The number of amides is 1. The predicted molar refractivity (Wildman–Crippen MR) is 109 cm³/mol. The smallest absolute Gasteiger partial charge is 0.239 e. The van der Waals surface area contributed by atoms with Gasteiger partial charge in [-0.2, -0.15) is 0 Å². The van der Waals surface area contributed by atoms with Crippen LogP contribution in [0.25, 0.3) is 0 Å². The highest BCUT2D eigenvalue weighted by atomic mass is 16.5. The average Bonchev–Trinajstić information content (AvgIpc) is 3.36. The Kier molecular flexibility index (Phi) is 5.81. The number of fused-ring (bicyclic) bond motifs is 2. The van der Waals surface area contributed by atoms with Gasteiger partial charge in [-0.05, 0) is 36.2 Å². The summed E-state index contributed by atoms with van der Waals surface area (Å²) in [6, 6.07) is 10.9. The summed E-state index contributed by atoms with van der Waals surface area (Å²) in [6.07, 6.45) is 8.41. The van der Waals surface area contributed by atoms with E-state index in [0.29, 0.717) is 30.0 Å². The molecule has 0 aliphatic heterocycles. The van der Waals surface area contributed by atoms with Gasteiger partial charge in [-0.3, -0.25) is 9.59 Å². The summed E-state index contributed by atoms with van der Waals surface area (Å²) in [6.45, 7) is 0.641. The van der Waals surface area contributed by atoms with Gasteiger partial charge in [-0.25, -0.2) is 0 Å². The molecule has 2 aliphatic rings. The quantitative estimate of drug-likeness (QED) is 0.673. The predicted octanol–water partition coefficient (Wildman–Crippen LogP) is 2.25. The van der Waals surface area contributed by atoms with E-state index in [9.17, 15) is 14.7 Å². The van der Waals surface area contributed by atoms with E-state index >= 15 is 0 Å². The van der Waals surface area contributed by atoms with Crippen molar-refractivity contribution in [1.82, 2.24) is 9.88 Å². The molecule has 152 valence electrons. The summed E-state index contributed by atoms with van der Waals surface area (Å²) in [5.74, 6) is 1.79. The standard InChI is InChI=1S/C23H26N2O4/c26-14-20-10-21(27)22(29-15-16-4-2-1-3-5-16)12-25(20)13-23(28)24-11-19-9-17-6-7-18(19)8-17/h1-7,10,12,17-19,26H,8-9,11,13-15H2,(H,24,28)/t17-,18-,19-/m0/s1. The first kappa shape index (κ1) is 19.5. The minimum atomic E-state index is -0.321. The number of ether oxygens (including phenoxy) is 1. The Labute approximate surface area is 169 Å². The molecule has 2 aliphatic carbocycles. The lowest BCUT2D eigenvalue weighted by Crippen LogP contribution is -2.34. The van der Waals surface area contributed by atoms with Crippen molar-refractivity contribution in [2.45, 2.75) is 32.6 Å². The van der Waals surface area contributed by atoms with Crippen molar-refractivity contribution in [3.63, 3.8) is 0 Å². The van der Waals surface area contributed by atoms with Crippen LogP contribution in [0.3, 0.4) is 0 Å². The Balaban J connectivity index is 1.39. The number of aliphatic hydroxyl groups excluding tert-OH is 1. The minimum Gasteiger partial charge on any atom is -0.483 e. The van der Waals surface area contributed by atoms with Crippen LogP contribution in [0.2, 0.25) is 0 Å². The highest BCUT2D eigenvalue weighted by Crippen LogP contribution is 2.42. The third-order valence-corrected chi connectivity index (χ3v) is 5.87. The summed E-state index contributed by atoms with van der Waals surface area (Å²) in [5, 5.41) is 12.6. The first-order chi connectivity index (χ1) is 14.1. The second-order valence-corrected chi connectivity index (χ2v) is 7.90. The van der Waals surface area contributed by atoms with Crippen LogP contribution >= 0.6 is 0 Å². The van der Waals surface area contributed by atoms with E-state index in [-0.39, 0.29) is 36.8 Å². The lowest BCUT2D eigenvalue weighted by Gasteiger charge is -2.19. The number of nitrogens with one attached hydrogen (secondary N) is 1. The topological polar surface area (TPSA) is 80.6 Å². The number of hydrogen-bond donors (Lipinski definition) is 2. The Morgan fingerprint density at radius 1 is 1.21 bits per heavy atom. The zero-order valence-electron chi connectivity index (χ0n) is 16.3. The number of allylic oxidation sites excluding steroid dienone is 2. The molecule has 1 aromatic carbocycles. The first-order valence-corrected chi connectivity index (χ1v) is 10.1. The van der Waals surface area contributed by atoms with E-state index in [1.165, 1.54) is 18.7 Å². The van der Waals surface area contributed by atoms with Gasteiger partial charge < -0.3 is 19.7 Å². The maximum Gasteiger partial charge on any atom is 0.239 e. The Morgan fingerprint density at radius 2 is 2.03 bits per heavy atom. The molecule has 6 nitrogen and oxygen atoms in total. The number of nitrogens with zero attached hydrogens (tertiary/aromatic N) is 1. The second kappa shape index (κ2) is 8.66. The molecule has 0 saturated heterocycles. The van der Waals surface area contributed by atoms with Crippen LogP contribution in [0.5, 0.6) is 5.75 Å². The number of benzene rings is 1. The first-order valence-electron chi connectivity index (χ1n) is 10.1. The van der Waals surface area contributed by atoms with Crippen molar-refractivity contribution in [2.24, 2.45) is 17.8 Å². The molecule has 0 spiro atoms. The summed E-state index contributed by atoms with van der Waals surface area (Å²) < 4.78 is 7.25. The maximum atomic E-state index is 12.5. The number of aromatic nitrogens is 1. The van der Waals surface area contributed by atoms with Gasteiger partial charge >= 0.3 is 0 Å². The molecular weight excluding hydrogens is 368 g/mol. The van der Waals surface area contributed by atoms with Crippen molar-refractivity contribution in [3.05, 3.63) is 76.2 Å². The molecule has 4 rings (SSSR count). The number of carbonyl (C=O) groups excluding carboxylic acids is 1. The van der Waals surface area contributed by atoms with Crippen LogP contribution in [-0.4, -0.2) is 22.1 Å². The van der Waals surface area contributed by atoms with Gasteiger partial charge in [0.1, 0.15) is 13.2 Å². The molecule has 1 heterocycles. The third kappa shape index (κ3) is 4.59. The summed E-state index contributed by atoms with van der Waals surface area (Å²) in [4.78, 5) is 24.7. The van der Waals surface area contributed by atoms with Gasteiger partial charge in [-0.15, -0.1) is 0 Å². The average molecular weight is 394 g/mol. The van der Waals surface area contributed by atoms with E-state index in [1.54, 1.807) is 4.57 Å². The highest BCUT2D eigenvalue weighted by molar-refractivity contribution is 5.75. The molecule has 2 N–H and O–H groups in total. The molecular formula is C23H26N2O4. The molecule has 0 unspecified atom stereocenters. The van der Waals surface area contributed by atoms with Crippen LogP contribution in [0.1, 0.15) is 24.1 Å². The van der Waals surface area contributed by atoms with E-state index in [2.05, 4.69) is 17.5 Å². The van der Waals surface area contributed by atoms with E-state index in [4.69, 9.17) is 4.74 Å². The molecule has 1 saturated carbocycles. The van der Waals surface area contributed by atoms with Crippen LogP contribution in [0.15, 0.2) is 59.5 Å². The van der Waals surface area contributed by atoms with Crippen LogP contribution in [0.4, 0.5) is 0 Å². The zero-order chi connectivity index (χ0) is 20.2. The van der Waals surface area contributed by atoms with Crippen LogP contribution in [-0.2, 0) is 24.6 Å². The van der Waals surface area contributed by atoms with E-state index in [1.807, 2.05) is 30.3 Å². The fourth-order valence-electron chi connectivity index (χ4n) is 4.31. The number of rotatable bonds is 8. The largest absolute Gasteiger partial charge is 0.483 e. The minimum absolute atomic E-state index is 0.0362. The molecule has 6 heteroatoms. The lowest BCUT2D eigenvalue weighted by atomic mass is 9.94. The number of carbonyl (C=O) groups is 1. The van der Waals surface area contributed by atoms with Crippen molar-refractivity contribution < 1.29 is 14.6 Å². The van der Waals surface area contributed by atoms with Gasteiger partial charge in [0.2, 0.25) is 11.3 Å². The summed E-state index contributed by atoms with van der Waals surface area (Å²) >= 11 is 0. The molecule has 2 bridgehead atoms. The van der Waals surface area contributed by atoms with E-state index < -0.39 is 0 Å². The zero-order valence-corrected chi connectivity index (χ0v) is 16.3. The third-order valence-electron chi connectivity index (χ3n) is 5.87. The fraction of sp³-hybridized carbons (Fsp3) is 0.391. The van der Waals surface area contributed by atoms with Crippen molar-refractivity contribution in [2.75, 3.05) is 6.54 Å². The van der Waals surface area contributed by atoms with Crippen LogP contribution < -0.4 is 15.5 Å². The molecule has 1 aromatic heterocycles. The van der Waals surface area contributed by atoms with Crippen molar-refractivity contribution in [3.8, 4) is 5.75 Å². The summed E-state index contributed by atoms with van der Waals surface area (Å²) in [5.41, 5.74) is 1.03. The molecule has 29 heavy (non-hydrogen) atoms. The monoisotopic (exact) mass is 394 g/mol. The van der Waals surface area contributed by atoms with Gasteiger partial charge in [-0.1, -0.05) is 42.5 Å². The molecule has 0 radical (unpaired) electrons. The van der Waals surface area contributed by atoms with Gasteiger partial charge in [0.15, 0.2) is 5.75 Å². The van der Waals surface area contributed by atoms with Gasteiger partial charge in [0, 0.05) is 18.3 Å². The fourth-order valence-corrected chi connectivity index (χ4v) is 4.31.